The summed E-state index contributed by atoms with van der Waals surface area (Å²) in [4.78, 5) is 10.9. The Balaban J connectivity index is 2.84. The first-order valence-electron chi connectivity index (χ1n) is 4.41. The fourth-order valence-electron chi connectivity index (χ4n) is 2.08. The number of carboxylic acids is 1. The zero-order chi connectivity index (χ0) is 10.1. The molecule has 0 amide bonds. The largest absolute Gasteiger partial charge is 0.481 e. The quantitative estimate of drug-likeness (QED) is 0.482. The van der Waals surface area contributed by atoms with Crippen LogP contribution in [0.5, 0.6) is 0 Å². The fourth-order valence-corrected chi connectivity index (χ4v) is 2.08. The highest BCUT2D eigenvalue weighted by Gasteiger charge is 2.40. The molecule has 0 heterocycles. The van der Waals surface area contributed by atoms with Gasteiger partial charge in [0.2, 0.25) is 0 Å². The summed E-state index contributed by atoms with van der Waals surface area (Å²) in [5.41, 5.74) is -0.150. The molecule has 1 rings (SSSR count). The molecule has 2 unspecified atom stereocenters. The average Bonchev–Trinajstić information content (AvgIpc) is 2.02. The number of aliphatic carboxylic acids is 1. The van der Waals surface area contributed by atoms with E-state index in [-0.39, 0.29) is 5.92 Å². The molecule has 2 atom stereocenters. The second kappa shape index (κ2) is 3.36. The molecule has 0 aliphatic heterocycles. The molecular formula is C9H15NO3. The van der Waals surface area contributed by atoms with E-state index < -0.39 is 11.4 Å². The maximum absolute atomic E-state index is 10.9. The van der Waals surface area contributed by atoms with Crippen LogP contribution in [0.25, 0.3) is 0 Å². The van der Waals surface area contributed by atoms with E-state index in [1.165, 1.54) is 0 Å². The predicted octanol–water partition coefficient (Wildman–Crippen LogP) is 1.73. The summed E-state index contributed by atoms with van der Waals surface area (Å²) < 4.78 is 0. The highest BCUT2D eigenvalue weighted by Crippen LogP contribution is 2.37. The highest BCUT2D eigenvalue weighted by molar-refractivity contribution is 5.90. The summed E-state index contributed by atoms with van der Waals surface area (Å²) in [7, 11) is 0. The number of oxime groups is 1. The Morgan fingerprint density at radius 1 is 1.69 bits per heavy atom. The highest BCUT2D eigenvalue weighted by atomic mass is 16.4. The van der Waals surface area contributed by atoms with Crippen molar-refractivity contribution in [3.8, 4) is 0 Å². The predicted molar refractivity (Wildman–Crippen MR) is 48.0 cm³/mol. The van der Waals surface area contributed by atoms with Crippen LogP contribution < -0.4 is 0 Å². The molecule has 1 fully saturated rings. The molecule has 1 saturated carbocycles. The van der Waals surface area contributed by atoms with E-state index in [9.17, 15) is 4.79 Å². The molecule has 0 spiro atoms. The number of hydrogen-bond donors (Lipinski definition) is 2. The van der Waals surface area contributed by atoms with Gasteiger partial charge in [-0.1, -0.05) is 12.1 Å². The number of hydrogen-bond acceptors (Lipinski definition) is 3. The second-order valence-electron chi connectivity index (χ2n) is 4.22. The van der Waals surface area contributed by atoms with E-state index in [0.717, 1.165) is 0 Å². The Hall–Kier alpha value is -1.06. The van der Waals surface area contributed by atoms with Crippen molar-refractivity contribution in [3.05, 3.63) is 0 Å². The third-order valence-corrected chi connectivity index (χ3v) is 2.64. The zero-order valence-electron chi connectivity index (χ0n) is 7.95. The van der Waals surface area contributed by atoms with Crippen LogP contribution in [0.1, 0.15) is 33.1 Å². The van der Waals surface area contributed by atoms with Crippen molar-refractivity contribution >= 4 is 11.7 Å². The SMILES string of the molecule is CC1C/C(=N\O)CC(C)(C(=O)O)C1. The normalized spacial score (nSPS) is 37.7. The first-order valence-corrected chi connectivity index (χ1v) is 4.41. The van der Waals surface area contributed by atoms with Gasteiger partial charge >= 0.3 is 5.97 Å². The number of carboxylic acid groups (broad SMARTS) is 1. The third kappa shape index (κ3) is 1.99. The molecule has 0 radical (unpaired) electrons. The molecule has 0 aromatic carbocycles. The molecule has 0 aromatic rings. The maximum Gasteiger partial charge on any atom is 0.309 e. The van der Waals surface area contributed by atoms with Crippen LogP contribution in [0.2, 0.25) is 0 Å². The standard InChI is InChI=1S/C9H15NO3/c1-6-3-7(10-13)5-9(2,4-6)8(11)12/h6,13H,3-5H2,1-2H3,(H,11,12)/b10-7+. The molecule has 74 valence electrons. The lowest BCUT2D eigenvalue weighted by Crippen LogP contribution is -2.36. The van der Waals surface area contributed by atoms with Crippen molar-refractivity contribution in [3.63, 3.8) is 0 Å². The van der Waals surface area contributed by atoms with Gasteiger partial charge in [0.25, 0.3) is 0 Å². The van der Waals surface area contributed by atoms with Gasteiger partial charge in [0.15, 0.2) is 0 Å². The van der Waals surface area contributed by atoms with Crippen molar-refractivity contribution in [2.45, 2.75) is 33.1 Å². The van der Waals surface area contributed by atoms with Crippen molar-refractivity contribution in [1.82, 2.24) is 0 Å². The molecule has 2 N–H and O–H groups in total. The zero-order valence-corrected chi connectivity index (χ0v) is 7.95. The third-order valence-electron chi connectivity index (χ3n) is 2.64. The Labute approximate surface area is 77.3 Å². The molecule has 4 heteroatoms. The fraction of sp³-hybridized carbons (Fsp3) is 0.778. The molecular weight excluding hydrogens is 170 g/mol. The molecule has 13 heavy (non-hydrogen) atoms. The monoisotopic (exact) mass is 185 g/mol. The smallest absolute Gasteiger partial charge is 0.309 e. The van der Waals surface area contributed by atoms with Crippen LogP contribution in [0.15, 0.2) is 5.16 Å². The molecule has 0 aromatic heterocycles. The van der Waals surface area contributed by atoms with Crippen molar-refractivity contribution < 1.29 is 15.1 Å². The minimum Gasteiger partial charge on any atom is -0.481 e. The van der Waals surface area contributed by atoms with Crippen molar-refractivity contribution in [2.24, 2.45) is 16.5 Å². The number of rotatable bonds is 1. The summed E-state index contributed by atoms with van der Waals surface area (Å²) in [6.45, 7) is 3.68. The lowest BCUT2D eigenvalue weighted by atomic mass is 9.70. The summed E-state index contributed by atoms with van der Waals surface area (Å²) in [5, 5.41) is 20.7. The van der Waals surface area contributed by atoms with Crippen LogP contribution in [-0.4, -0.2) is 22.0 Å². The van der Waals surface area contributed by atoms with E-state index in [0.29, 0.717) is 25.0 Å². The molecule has 0 saturated heterocycles. The number of nitrogens with zero attached hydrogens (tertiary/aromatic N) is 1. The minimum atomic E-state index is -0.805. The first-order chi connectivity index (χ1) is 5.98. The lowest BCUT2D eigenvalue weighted by molar-refractivity contribution is -0.149. The summed E-state index contributed by atoms with van der Waals surface area (Å²) in [6, 6.07) is 0. The van der Waals surface area contributed by atoms with E-state index >= 15 is 0 Å². The Morgan fingerprint density at radius 3 is 2.77 bits per heavy atom. The lowest BCUT2D eigenvalue weighted by Gasteiger charge is -2.33. The van der Waals surface area contributed by atoms with Gasteiger partial charge in [0, 0.05) is 6.42 Å². The van der Waals surface area contributed by atoms with Crippen molar-refractivity contribution in [1.29, 1.82) is 0 Å². The Kier molecular flexibility index (Phi) is 2.59. The average molecular weight is 185 g/mol. The van der Waals surface area contributed by atoms with Crippen LogP contribution in [-0.2, 0) is 4.79 Å². The summed E-state index contributed by atoms with van der Waals surface area (Å²) >= 11 is 0. The number of carbonyl (C=O) groups is 1. The van der Waals surface area contributed by atoms with Gasteiger partial charge < -0.3 is 10.3 Å². The molecule has 4 nitrogen and oxygen atoms in total. The van der Waals surface area contributed by atoms with Gasteiger partial charge in [-0.15, -0.1) is 0 Å². The van der Waals surface area contributed by atoms with Crippen LogP contribution in [0, 0.1) is 11.3 Å². The van der Waals surface area contributed by atoms with Crippen molar-refractivity contribution in [2.75, 3.05) is 0 Å². The van der Waals surface area contributed by atoms with Gasteiger partial charge in [-0.2, -0.15) is 0 Å². The Morgan fingerprint density at radius 2 is 2.31 bits per heavy atom. The minimum absolute atomic E-state index is 0.278. The van der Waals surface area contributed by atoms with E-state index in [4.69, 9.17) is 10.3 Å². The van der Waals surface area contributed by atoms with Gasteiger partial charge in [0.1, 0.15) is 0 Å². The summed E-state index contributed by atoms with van der Waals surface area (Å²) in [6.07, 6.45) is 1.73. The topological polar surface area (TPSA) is 69.9 Å². The maximum atomic E-state index is 10.9. The summed E-state index contributed by atoms with van der Waals surface area (Å²) in [5.74, 6) is -0.527. The van der Waals surface area contributed by atoms with E-state index in [2.05, 4.69) is 5.16 Å². The Bertz CT molecular complexity index is 249. The van der Waals surface area contributed by atoms with E-state index in [1.807, 2.05) is 6.92 Å². The van der Waals surface area contributed by atoms with Crippen LogP contribution in [0.4, 0.5) is 0 Å². The second-order valence-corrected chi connectivity index (χ2v) is 4.22. The molecule has 0 bridgehead atoms. The van der Waals surface area contributed by atoms with Gasteiger partial charge in [-0.3, -0.25) is 4.79 Å². The first kappa shape index (κ1) is 10.0. The van der Waals surface area contributed by atoms with Gasteiger partial charge in [-0.05, 0) is 25.7 Å². The van der Waals surface area contributed by atoms with Gasteiger partial charge in [0.05, 0.1) is 11.1 Å². The van der Waals surface area contributed by atoms with Crippen LogP contribution in [0.3, 0.4) is 0 Å². The van der Waals surface area contributed by atoms with Gasteiger partial charge in [-0.25, -0.2) is 0 Å². The molecule has 1 aliphatic carbocycles. The van der Waals surface area contributed by atoms with Crippen LogP contribution >= 0.6 is 0 Å². The van der Waals surface area contributed by atoms with E-state index in [1.54, 1.807) is 6.92 Å². The molecule has 1 aliphatic rings.